The van der Waals surface area contributed by atoms with Crippen LogP contribution in [0.4, 0.5) is 20.5 Å². The second-order valence-electron chi connectivity index (χ2n) is 8.78. The molecular formula is C21H24ClF2N7S. The molecule has 1 aliphatic carbocycles. The van der Waals surface area contributed by atoms with E-state index in [1.54, 1.807) is 18.5 Å². The minimum absolute atomic E-state index is 0.117. The number of aryl methyl sites for hydroxylation is 1. The van der Waals surface area contributed by atoms with Gasteiger partial charge in [-0.3, -0.25) is 4.40 Å². The van der Waals surface area contributed by atoms with Gasteiger partial charge in [-0.1, -0.05) is 23.4 Å². The van der Waals surface area contributed by atoms with Crippen molar-refractivity contribution < 1.29 is 8.78 Å². The normalized spacial score (nSPS) is 22.2. The van der Waals surface area contributed by atoms with Crippen LogP contribution >= 0.6 is 23.4 Å². The summed E-state index contributed by atoms with van der Waals surface area (Å²) >= 11 is 7.86. The van der Waals surface area contributed by atoms with Gasteiger partial charge in [-0.05, 0) is 31.2 Å². The smallest absolute Gasteiger partial charge is 0.250 e. The van der Waals surface area contributed by atoms with Crippen LogP contribution in [0.15, 0.2) is 34.4 Å². The number of nitrogens with two attached hydrogens (primary N) is 2. The molecule has 32 heavy (non-hydrogen) atoms. The van der Waals surface area contributed by atoms with Crippen molar-refractivity contribution in [2.75, 3.05) is 23.7 Å². The van der Waals surface area contributed by atoms with Crippen molar-refractivity contribution in [3.63, 3.8) is 0 Å². The van der Waals surface area contributed by atoms with Crippen molar-refractivity contribution in [3.05, 3.63) is 35.4 Å². The Kier molecular flexibility index (Phi) is 5.22. The topological polar surface area (TPSA) is 98.4 Å². The monoisotopic (exact) mass is 479 g/mol. The third-order valence-corrected chi connectivity index (χ3v) is 8.30. The lowest BCUT2D eigenvalue weighted by atomic mass is 9.74. The van der Waals surface area contributed by atoms with Gasteiger partial charge in [0, 0.05) is 55.5 Å². The summed E-state index contributed by atoms with van der Waals surface area (Å²) in [6, 6.07) is 1.28. The van der Waals surface area contributed by atoms with E-state index in [9.17, 15) is 8.78 Å². The Hall–Kier alpha value is -2.17. The van der Waals surface area contributed by atoms with Gasteiger partial charge in [0.2, 0.25) is 11.9 Å². The summed E-state index contributed by atoms with van der Waals surface area (Å²) < 4.78 is 29.9. The van der Waals surface area contributed by atoms with Gasteiger partial charge in [-0.2, -0.15) is 0 Å². The third-order valence-electron chi connectivity index (χ3n) is 6.66. The summed E-state index contributed by atoms with van der Waals surface area (Å²) in [5.74, 6) is -1.52. The van der Waals surface area contributed by atoms with Gasteiger partial charge in [-0.15, -0.1) is 0 Å². The summed E-state index contributed by atoms with van der Waals surface area (Å²) in [4.78, 5) is 17.1. The van der Waals surface area contributed by atoms with E-state index in [1.165, 1.54) is 11.8 Å². The fourth-order valence-corrected chi connectivity index (χ4v) is 6.20. The first-order valence-corrected chi connectivity index (χ1v) is 11.7. The molecule has 0 radical (unpaired) electrons. The molecule has 170 valence electrons. The molecule has 0 amide bonds. The van der Waals surface area contributed by atoms with Gasteiger partial charge in [-0.25, -0.2) is 23.7 Å². The highest BCUT2D eigenvalue weighted by molar-refractivity contribution is 7.99. The molecule has 2 fully saturated rings. The van der Waals surface area contributed by atoms with Crippen molar-refractivity contribution in [3.8, 4) is 0 Å². The number of alkyl halides is 2. The number of aromatic nitrogens is 4. The van der Waals surface area contributed by atoms with Crippen LogP contribution < -0.4 is 16.4 Å². The third kappa shape index (κ3) is 3.68. The molecule has 1 saturated heterocycles. The first-order valence-electron chi connectivity index (χ1n) is 10.5. The predicted molar refractivity (Wildman–Crippen MR) is 122 cm³/mol. The molecule has 11 heteroatoms. The van der Waals surface area contributed by atoms with Crippen LogP contribution in [0.3, 0.4) is 0 Å². The zero-order chi connectivity index (χ0) is 22.7. The van der Waals surface area contributed by atoms with Gasteiger partial charge in [0.25, 0.3) is 0 Å². The lowest BCUT2D eigenvalue weighted by Crippen LogP contribution is -2.47. The highest BCUT2D eigenvalue weighted by Gasteiger charge is 2.55. The number of fused-ring (bicyclic) bond motifs is 1. The van der Waals surface area contributed by atoms with E-state index < -0.39 is 17.4 Å². The number of anilines is 2. The van der Waals surface area contributed by atoms with Crippen molar-refractivity contribution in [2.24, 2.45) is 11.1 Å². The van der Waals surface area contributed by atoms with E-state index in [1.807, 2.05) is 17.5 Å². The molecule has 4 N–H and O–H groups in total. The highest BCUT2D eigenvalue weighted by Crippen LogP contribution is 2.52. The fraction of sp³-hybridized carbons (Fsp3) is 0.476. The summed E-state index contributed by atoms with van der Waals surface area (Å²) in [6.07, 6.45) is 6.27. The minimum atomic E-state index is -2.66. The zero-order valence-electron chi connectivity index (χ0n) is 17.6. The van der Waals surface area contributed by atoms with E-state index in [0.717, 1.165) is 21.4 Å². The molecule has 7 nitrogen and oxygen atoms in total. The zero-order valence-corrected chi connectivity index (χ0v) is 19.1. The first kappa shape index (κ1) is 21.7. The Morgan fingerprint density at radius 1 is 1.22 bits per heavy atom. The molecule has 3 aromatic rings. The van der Waals surface area contributed by atoms with E-state index in [2.05, 4.69) is 14.9 Å². The SMILES string of the molecule is Cc1nc(N)cc(Sc2cnc(N3CCC4(CC3)CC(F)(F)C[C@H]4N)n3ccnc23)c1Cl. The standard InChI is InChI=1S/C21H24ClF2N7S/c1-12-17(22)13(8-16(26)29-12)32-14-10-28-19(31-7-4-27-18(14)31)30-5-2-20(3-6-30)11-21(23,24)9-15(20)25/h4,7-8,10,15H,2-3,5-6,9,11,25H2,1H3,(H2,26,29)/t15-/m1/s1. The minimum Gasteiger partial charge on any atom is -0.384 e. The lowest BCUT2D eigenvalue weighted by Gasteiger charge is -2.42. The Bertz CT molecular complexity index is 1180. The first-order chi connectivity index (χ1) is 15.2. The Morgan fingerprint density at radius 3 is 2.66 bits per heavy atom. The molecule has 1 atom stereocenters. The number of imidazole rings is 1. The second kappa shape index (κ2) is 7.71. The molecule has 4 heterocycles. The number of hydrogen-bond acceptors (Lipinski definition) is 7. The summed E-state index contributed by atoms with van der Waals surface area (Å²) in [5.41, 5.74) is 13.0. The molecule has 0 bridgehead atoms. The number of nitrogen functional groups attached to an aromatic ring is 1. The predicted octanol–water partition coefficient (Wildman–Crippen LogP) is 4.16. The molecule has 1 aliphatic heterocycles. The number of pyridine rings is 1. The largest absolute Gasteiger partial charge is 0.384 e. The molecule has 1 spiro atoms. The number of halogens is 3. The van der Waals surface area contributed by atoms with Crippen molar-refractivity contribution >= 4 is 40.8 Å². The molecule has 0 unspecified atom stereocenters. The quantitative estimate of drug-likeness (QED) is 0.581. The summed E-state index contributed by atoms with van der Waals surface area (Å²) in [6.45, 7) is 3.06. The van der Waals surface area contributed by atoms with Crippen LogP contribution in [0.2, 0.25) is 5.02 Å². The van der Waals surface area contributed by atoms with Crippen LogP contribution in [-0.4, -0.2) is 44.4 Å². The average molecular weight is 480 g/mol. The molecular weight excluding hydrogens is 456 g/mol. The van der Waals surface area contributed by atoms with Crippen LogP contribution in [0.5, 0.6) is 0 Å². The van der Waals surface area contributed by atoms with E-state index >= 15 is 0 Å². The maximum atomic E-state index is 14.0. The van der Waals surface area contributed by atoms with Crippen molar-refractivity contribution in [2.45, 2.75) is 54.4 Å². The molecule has 2 aliphatic rings. The number of hydrogen-bond donors (Lipinski definition) is 2. The van der Waals surface area contributed by atoms with Crippen molar-refractivity contribution in [1.82, 2.24) is 19.4 Å². The maximum absolute atomic E-state index is 14.0. The van der Waals surface area contributed by atoms with Gasteiger partial charge in [0.05, 0.1) is 15.6 Å². The number of piperidine rings is 1. The highest BCUT2D eigenvalue weighted by atomic mass is 35.5. The van der Waals surface area contributed by atoms with Crippen molar-refractivity contribution in [1.29, 1.82) is 0 Å². The van der Waals surface area contributed by atoms with E-state index in [-0.39, 0.29) is 12.8 Å². The Balaban J connectivity index is 1.40. The molecule has 0 aromatic carbocycles. The molecule has 3 aromatic heterocycles. The second-order valence-corrected chi connectivity index (χ2v) is 10.2. The van der Waals surface area contributed by atoms with Crippen LogP contribution in [0.25, 0.3) is 5.65 Å². The summed E-state index contributed by atoms with van der Waals surface area (Å²) in [5, 5.41) is 0.545. The number of rotatable bonds is 3. The average Bonchev–Trinajstić information content (AvgIpc) is 3.30. The lowest BCUT2D eigenvalue weighted by molar-refractivity contribution is -0.00685. The van der Waals surface area contributed by atoms with Gasteiger partial charge < -0.3 is 16.4 Å². The summed E-state index contributed by atoms with van der Waals surface area (Å²) in [7, 11) is 0. The van der Waals surface area contributed by atoms with Crippen LogP contribution in [0, 0.1) is 12.3 Å². The van der Waals surface area contributed by atoms with Gasteiger partial charge in [0.1, 0.15) is 5.82 Å². The number of nitrogens with zero attached hydrogens (tertiary/aromatic N) is 5. The van der Waals surface area contributed by atoms with Crippen LogP contribution in [0.1, 0.15) is 31.4 Å². The van der Waals surface area contributed by atoms with Gasteiger partial charge >= 0.3 is 0 Å². The molecule has 5 rings (SSSR count). The van der Waals surface area contributed by atoms with Crippen LogP contribution in [-0.2, 0) is 0 Å². The Morgan fingerprint density at radius 2 is 1.97 bits per heavy atom. The van der Waals surface area contributed by atoms with E-state index in [4.69, 9.17) is 28.1 Å². The van der Waals surface area contributed by atoms with Gasteiger partial charge in [0.15, 0.2) is 5.65 Å². The van der Waals surface area contributed by atoms with E-state index in [0.29, 0.717) is 42.5 Å². The molecule has 1 saturated carbocycles. The fourth-order valence-electron chi connectivity index (χ4n) is 4.99. The maximum Gasteiger partial charge on any atom is 0.250 e. The Labute approximate surface area is 193 Å².